The van der Waals surface area contributed by atoms with Gasteiger partial charge in [-0.05, 0) is 49.3 Å². The normalized spacial score (nSPS) is 10.4. The number of rotatable bonds is 4. The number of aryl methyl sites for hydroxylation is 2. The topological polar surface area (TPSA) is 41.9 Å². The van der Waals surface area contributed by atoms with Gasteiger partial charge in [-0.15, -0.1) is 0 Å². The van der Waals surface area contributed by atoms with E-state index in [1.165, 1.54) is 16.7 Å². The number of benzene rings is 2. The minimum Gasteiger partial charge on any atom is -0.332 e. The summed E-state index contributed by atoms with van der Waals surface area (Å²) < 4.78 is 1.89. The Balaban J connectivity index is 1.59. The van der Waals surface area contributed by atoms with Gasteiger partial charge in [-0.2, -0.15) is 5.10 Å². The Morgan fingerprint density at radius 3 is 2.54 bits per heavy atom. The summed E-state index contributed by atoms with van der Waals surface area (Å²) in [5, 5.41) is 11.3. The lowest BCUT2D eigenvalue weighted by molar-refractivity contribution is 0.690. The fourth-order valence-electron chi connectivity index (χ4n) is 2.40. The quantitative estimate of drug-likeness (QED) is 0.695. The Bertz CT molecular complexity index is 837. The summed E-state index contributed by atoms with van der Waals surface area (Å²) in [5.74, 6) is 0.729. The maximum atomic E-state index is 5.34. The summed E-state index contributed by atoms with van der Waals surface area (Å²) in [4.78, 5) is 0. The van der Waals surface area contributed by atoms with E-state index in [-0.39, 0.29) is 0 Å². The van der Waals surface area contributed by atoms with Crippen molar-refractivity contribution in [1.82, 2.24) is 9.78 Å². The maximum absolute atomic E-state index is 5.34. The number of aromatic nitrogens is 2. The van der Waals surface area contributed by atoms with E-state index < -0.39 is 0 Å². The molecule has 0 fully saturated rings. The highest BCUT2D eigenvalue weighted by molar-refractivity contribution is 7.80. The van der Waals surface area contributed by atoms with Gasteiger partial charge >= 0.3 is 0 Å². The van der Waals surface area contributed by atoms with Crippen LogP contribution in [0.4, 0.5) is 11.5 Å². The van der Waals surface area contributed by atoms with Gasteiger partial charge in [0.1, 0.15) is 0 Å². The number of hydrogen-bond donors (Lipinski definition) is 2. The molecule has 0 bridgehead atoms. The molecule has 5 heteroatoms. The van der Waals surface area contributed by atoms with Crippen LogP contribution in [-0.2, 0) is 6.54 Å². The van der Waals surface area contributed by atoms with Crippen molar-refractivity contribution >= 4 is 28.8 Å². The second kappa shape index (κ2) is 7.27. The van der Waals surface area contributed by atoms with Crippen molar-refractivity contribution in [3.8, 4) is 0 Å². The molecule has 0 amide bonds. The third-order valence-electron chi connectivity index (χ3n) is 3.62. The molecule has 3 rings (SSSR count). The van der Waals surface area contributed by atoms with Gasteiger partial charge < -0.3 is 10.6 Å². The number of hydrogen-bond acceptors (Lipinski definition) is 2. The van der Waals surface area contributed by atoms with Gasteiger partial charge in [0.05, 0.1) is 6.54 Å². The molecule has 24 heavy (non-hydrogen) atoms. The predicted octanol–water partition coefficient (Wildman–Crippen LogP) is 4.36. The summed E-state index contributed by atoms with van der Waals surface area (Å²) in [6, 6.07) is 18.4. The average molecular weight is 336 g/mol. The van der Waals surface area contributed by atoms with E-state index in [4.69, 9.17) is 12.2 Å². The molecule has 0 saturated carbocycles. The van der Waals surface area contributed by atoms with Crippen LogP contribution in [0.1, 0.15) is 16.7 Å². The van der Waals surface area contributed by atoms with Gasteiger partial charge in [-0.1, -0.05) is 42.0 Å². The maximum Gasteiger partial charge on any atom is 0.176 e. The standard InChI is InChI=1S/C19H20N4S/c1-14-6-8-16(9-7-14)13-23-11-10-18(22-23)21-19(24)20-17-5-3-4-15(2)12-17/h3-12H,13H2,1-2H3,(H2,20,21,22,24). The predicted molar refractivity (Wildman–Crippen MR) is 104 cm³/mol. The van der Waals surface area contributed by atoms with E-state index in [1.807, 2.05) is 48.1 Å². The smallest absolute Gasteiger partial charge is 0.176 e. The van der Waals surface area contributed by atoms with Crippen LogP contribution in [0.15, 0.2) is 60.8 Å². The molecule has 0 aliphatic heterocycles. The van der Waals surface area contributed by atoms with E-state index in [1.54, 1.807) is 0 Å². The summed E-state index contributed by atoms with van der Waals surface area (Å²) in [5.41, 5.74) is 4.63. The first-order valence-corrected chi connectivity index (χ1v) is 8.23. The molecule has 4 nitrogen and oxygen atoms in total. The zero-order valence-corrected chi connectivity index (χ0v) is 14.6. The molecule has 0 saturated heterocycles. The number of nitrogens with one attached hydrogen (secondary N) is 2. The van der Waals surface area contributed by atoms with Crippen molar-refractivity contribution in [3.05, 3.63) is 77.5 Å². The molecule has 0 aliphatic rings. The summed E-state index contributed by atoms with van der Waals surface area (Å²) in [7, 11) is 0. The van der Waals surface area contributed by atoms with Gasteiger partial charge in [0.25, 0.3) is 0 Å². The molecule has 1 heterocycles. The van der Waals surface area contributed by atoms with Gasteiger partial charge in [-0.25, -0.2) is 0 Å². The number of thiocarbonyl (C=S) groups is 1. The van der Waals surface area contributed by atoms with Crippen LogP contribution in [0, 0.1) is 13.8 Å². The Hall–Kier alpha value is -2.66. The Kier molecular flexibility index (Phi) is 4.91. The molecule has 0 spiro atoms. The zero-order valence-electron chi connectivity index (χ0n) is 13.8. The Morgan fingerprint density at radius 1 is 1.00 bits per heavy atom. The highest BCUT2D eigenvalue weighted by Gasteiger charge is 2.03. The lowest BCUT2D eigenvalue weighted by atomic mass is 10.1. The van der Waals surface area contributed by atoms with Crippen LogP contribution in [-0.4, -0.2) is 14.9 Å². The van der Waals surface area contributed by atoms with E-state index in [9.17, 15) is 0 Å². The lowest BCUT2D eigenvalue weighted by Crippen LogP contribution is -2.19. The SMILES string of the molecule is Cc1ccc(Cn2ccc(NC(=S)Nc3cccc(C)c3)n2)cc1. The van der Waals surface area contributed by atoms with E-state index in [0.29, 0.717) is 5.11 Å². The molecule has 3 aromatic rings. The fourth-order valence-corrected chi connectivity index (χ4v) is 2.62. The third kappa shape index (κ3) is 4.43. The molecule has 122 valence electrons. The highest BCUT2D eigenvalue weighted by Crippen LogP contribution is 2.11. The monoisotopic (exact) mass is 336 g/mol. The Morgan fingerprint density at radius 2 is 1.79 bits per heavy atom. The molecule has 0 unspecified atom stereocenters. The minimum atomic E-state index is 0.529. The Labute approximate surface area is 147 Å². The van der Waals surface area contributed by atoms with Crippen molar-refractivity contribution in [2.45, 2.75) is 20.4 Å². The van der Waals surface area contributed by atoms with Crippen molar-refractivity contribution in [1.29, 1.82) is 0 Å². The van der Waals surface area contributed by atoms with Gasteiger partial charge in [0, 0.05) is 18.0 Å². The van der Waals surface area contributed by atoms with Crippen molar-refractivity contribution in [2.24, 2.45) is 0 Å². The van der Waals surface area contributed by atoms with Gasteiger partial charge in [0.15, 0.2) is 10.9 Å². The summed E-state index contributed by atoms with van der Waals surface area (Å²) in [6.45, 7) is 4.87. The van der Waals surface area contributed by atoms with Crippen molar-refractivity contribution in [2.75, 3.05) is 10.6 Å². The third-order valence-corrected chi connectivity index (χ3v) is 3.83. The van der Waals surface area contributed by atoms with Crippen LogP contribution in [0.25, 0.3) is 0 Å². The first-order chi connectivity index (χ1) is 11.6. The largest absolute Gasteiger partial charge is 0.332 e. The van der Waals surface area contributed by atoms with Crippen molar-refractivity contribution in [3.63, 3.8) is 0 Å². The number of nitrogens with zero attached hydrogens (tertiary/aromatic N) is 2. The molecule has 0 atom stereocenters. The van der Waals surface area contributed by atoms with Crippen LogP contribution < -0.4 is 10.6 Å². The van der Waals surface area contributed by atoms with Crippen LogP contribution in [0.2, 0.25) is 0 Å². The molecule has 2 N–H and O–H groups in total. The second-order valence-electron chi connectivity index (χ2n) is 5.83. The summed E-state index contributed by atoms with van der Waals surface area (Å²) in [6.07, 6.45) is 1.94. The van der Waals surface area contributed by atoms with Crippen LogP contribution >= 0.6 is 12.2 Å². The molecule has 0 radical (unpaired) electrons. The fraction of sp³-hybridized carbons (Fsp3) is 0.158. The van der Waals surface area contributed by atoms with Gasteiger partial charge in [0.2, 0.25) is 0 Å². The van der Waals surface area contributed by atoms with E-state index >= 15 is 0 Å². The average Bonchev–Trinajstić information content (AvgIpc) is 2.96. The zero-order chi connectivity index (χ0) is 16.9. The minimum absolute atomic E-state index is 0.529. The first kappa shape index (κ1) is 16.2. The molecule has 0 aliphatic carbocycles. The van der Waals surface area contributed by atoms with E-state index in [2.05, 4.69) is 46.9 Å². The molecular formula is C19H20N4S. The number of anilines is 2. The molecule has 1 aromatic heterocycles. The first-order valence-electron chi connectivity index (χ1n) is 7.82. The second-order valence-corrected chi connectivity index (χ2v) is 6.24. The highest BCUT2D eigenvalue weighted by atomic mass is 32.1. The molecule has 2 aromatic carbocycles. The van der Waals surface area contributed by atoms with E-state index in [0.717, 1.165) is 18.1 Å². The van der Waals surface area contributed by atoms with Crippen LogP contribution in [0.3, 0.4) is 0 Å². The van der Waals surface area contributed by atoms with Crippen LogP contribution in [0.5, 0.6) is 0 Å². The van der Waals surface area contributed by atoms with Gasteiger partial charge in [-0.3, -0.25) is 4.68 Å². The summed E-state index contributed by atoms with van der Waals surface area (Å²) >= 11 is 5.34. The van der Waals surface area contributed by atoms with Crippen molar-refractivity contribution < 1.29 is 0 Å². The lowest BCUT2D eigenvalue weighted by Gasteiger charge is -2.09. The molecular weight excluding hydrogens is 316 g/mol.